The van der Waals surface area contributed by atoms with Crippen molar-refractivity contribution in [1.29, 1.82) is 0 Å². The topological polar surface area (TPSA) is 31.2 Å². The number of hydrogen-bond donors (Lipinski definition) is 0. The minimum Gasteiger partial charge on any atom is -0.456 e. The maximum absolute atomic E-state index is 6.36. The number of benzene rings is 6. The van der Waals surface area contributed by atoms with Crippen LogP contribution in [0.1, 0.15) is 0 Å². The molecule has 0 fully saturated rings. The number of rotatable bonds is 2. The molecule has 6 aromatic carbocycles. The Morgan fingerprint density at radius 2 is 1.05 bits per heavy atom. The van der Waals surface area contributed by atoms with Gasteiger partial charge in [-0.1, -0.05) is 72.8 Å². The Balaban J connectivity index is 1.31. The van der Waals surface area contributed by atoms with Crippen molar-refractivity contribution in [1.82, 2.24) is 4.57 Å². The van der Waals surface area contributed by atoms with Crippen LogP contribution in [0.4, 0.5) is 0 Å². The van der Waals surface area contributed by atoms with Gasteiger partial charge in [0.05, 0.1) is 11.0 Å². The van der Waals surface area contributed by atoms with Crippen molar-refractivity contribution in [3.8, 4) is 16.8 Å². The number of fused-ring (bicyclic) bond motifs is 9. The predicted molar refractivity (Wildman–Crippen MR) is 161 cm³/mol. The third-order valence-electron chi connectivity index (χ3n) is 8.01. The van der Waals surface area contributed by atoms with Crippen LogP contribution in [0.3, 0.4) is 0 Å². The van der Waals surface area contributed by atoms with Gasteiger partial charge in [-0.15, -0.1) is 0 Å². The molecule has 39 heavy (non-hydrogen) atoms. The van der Waals surface area contributed by atoms with Crippen LogP contribution >= 0.6 is 0 Å². The third kappa shape index (κ3) is 2.87. The Bertz CT molecular complexity index is 2350. The molecule has 0 atom stereocenters. The van der Waals surface area contributed by atoms with E-state index in [2.05, 4.69) is 120 Å². The number of nitrogens with zero attached hydrogens (tertiary/aromatic N) is 1. The van der Waals surface area contributed by atoms with Crippen molar-refractivity contribution in [3.05, 3.63) is 127 Å². The first-order chi connectivity index (χ1) is 19.3. The van der Waals surface area contributed by atoms with E-state index < -0.39 is 0 Å². The predicted octanol–water partition coefficient (Wildman–Crippen LogP) is 10.2. The van der Waals surface area contributed by atoms with Gasteiger partial charge in [0.2, 0.25) is 0 Å². The molecule has 182 valence electrons. The van der Waals surface area contributed by atoms with Crippen LogP contribution in [0.25, 0.3) is 82.5 Å². The summed E-state index contributed by atoms with van der Waals surface area (Å²) in [6, 6.07) is 44.8. The summed E-state index contributed by atoms with van der Waals surface area (Å²) in [4.78, 5) is 0. The fraction of sp³-hybridized carbons (Fsp3) is 0. The average Bonchev–Trinajstić information content (AvgIpc) is 3.65. The maximum atomic E-state index is 6.36. The Labute approximate surface area is 223 Å². The lowest BCUT2D eigenvalue weighted by molar-refractivity contribution is 0.668. The summed E-state index contributed by atoms with van der Waals surface area (Å²) in [5.41, 5.74) is 9.31. The van der Waals surface area contributed by atoms with Gasteiger partial charge in [0.1, 0.15) is 22.3 Å². The van der Waals surface area contributed by atoms with Crippen molar-refractivity contribution in [2.45, 2.75) is 0 Å². The lowest BCUT2D eigenvalue weighted by atomic mass is 9.98. The van der Waals surface area contributed by atoms with Crippen molar-refractivity contribution in [3.63, 3.8) is 0 Å². The monoisotopic (exact) mass is 499 g/mol. The van der Waals surface area contributed by atoms with Crippen LogP contribution in [0, 0.1) is 0 Å². The molecule has 9 aromatic rings. The fourth-order valence-electron chi connectivity index (χ4n) is 6.29. The van der Waals surface area contributed by atoms with Gasteiger partial charge in [-0.05, 0) is 65.7 Å². The minimum atomic E-state index is 0.881. The minimum absolute atomic E-state index is 0.881. The summed E-state index contributed by atoms with van der Waals surface area (Å²) >= 11 is 0. The van der Waals surface area contributed by atoms with Gasteiger partial charge in [0, 0.05) is 38.0 Å². The molecule has 0 aliphatic rings. The molecule has 0 aliphatic heterocycles. The molecule has 0 radical (unpaired) electrons. The molecule has 0 spiro atoms. The normalized spacial score (nSPS) is 12.1. The molecule has 0 amide bonds. The summed E-state index contributed by atoms with van der Waals surface area (Å²) in [6.45, 7) is 0. The second kappa shape index (κ2) is 7.62. The smallest absolute Gasteiger partial charge is 0.136 e. The Morgan fingerprint density at radius 3 is 1.87 bits per heavy atom. The van der Waals surface area contributed by atoms with E-state index in [-0.39, 0.29) is 0 Å². The summed E-state index contributed by atoms with van der Waals surface area (Å²) in [5, 5.41) is 7.00. The summed E-state index contributed by atoms with van der Waals surface area (Å²) < 4.78 is 14.9. The van der Waals surface area contributed by atoms with Gasteiger partial charge in [0.25, 0.3) is 0 Å². The Kier molecular flexibility index (Phi) is 4.05. The Hall–Kier alpha value is -5.28. The second-order valence-electron chi connectivity index (χ2n) is 10.1. The zero-order chi connectivity index (χ0) is 25.5. The van der Waals surface area contributed by atoms with Gasteiger partial charge in [-0.25, -0.2) is 0 Å². The summed E-state index contributed by atoms with van der Waals surface area (Å²) in [5.74, 6) is 0. The average molecular weight is 500 g/mol. The van der Waals surface area contributed by atoms with E-state index in [4.69, 9.17) is 8.83 Å². The number of aromatic nitrogens is 1. The van der Waals surface area contributed by atoms with Crippen molar-refractivity contribution in [2.24, 2.45) is 0 Å². The van der Waals surface area contributed by atoms with E-state index in [0.717, 1.165) is 60.7 Å². The zero-order valence-electron chi connectivity index (χ0n) is 20.9. The molecular weight excluding hydrogens is 478 g/mol. The lowest BCUT2D eigenvalue weighted by Gasteiger charge is -2.08. The van der Waals surface area contributed by atoms with E-state index >= 15 is 0 Å². The molecule has 0 unspecified atom stereocenters. The molecule has 0 bridgehead atoms. The van der Waals surface area contributed by atoms with E-state index in [1.54, 1.807) is 0 Å². The first kappa shape index (κ1) is 20.7. The van der Waals surface area contributed by atoms with Crippen molar-refractivity contribution < 1.29 is 8.83 Å². The van der Waals surface area contributed by atoms with Gasteiger partial charge in [-0.2, -0.15) is 0 Å². The van der Waals surface area contributed by atoms with Crippen LogP contribution < -0.4 is 0 Å². The van der Waals surface area contributed by atoms with Gasteiger partial charge >= 0.3 is 0 Å². The molecule has 0 aliphatic carbocycles. The maximum Gasteiger partial charge on any atom is 0.136 e. The molecule has 0 saturated heterocycles. The SMILES string of the molecule is c1ccc2c(c1)oc1cc(-c3cccc4oc5ccc(-n6c7ccccc7c7ccccc76)cc5c34)ccc12. The highest BCUT2D eigenvalue weighted by Gasteiger charge is 2.17. The molecule has 9 rings (SSSR count). The highest BCUT2D eigenvalue weighted by Crippen LogP contribution is 2.40. The third-order valence-corrected chi connectivity index (χ3v) is 8.01. The van der Waals surface area contributed by atoms with Crippen LogP contribution in [0.15, 0.2) is 136 Å². The van der Waals surface area contributed by atoms with Crippen LogP contribution in [0.2, 0.25) is 0 Å². The van der Waals surface area contributed by atoms with Crippen LogP contribution in [-0.4, -0.2) is 4.57 Å². The highest BCUT2D eigenvalue weighted by molar-refractivity contribution is 6.15. The molecular formula is C36H21NO2. The molecule has 0 N–H and O–H groups in total. The van der Waals surface area contributed by atoms with E-state index in [0.29, 0.717) is 0 Å². The lowest BCUT2D eigenvalue weighted by Crippen LogP contribution is -1.93. The summed E-state index contributed by atoms with van der Waals surface area (Å²) in [6.07, 6.45) is 0. The van der Waals surface area contributed by atoms with Crippen molar-refractivity contribution in [2.75, 3.05) is 0 Å². The Morgan fingerprint density at radius 1 is 0.410 bits per heavy atom. The van der Waals surface area contributed by atoms with Crippen molar-refractivity contribution >= 4 is 65.7 Å². The highest BCUT2D eigenvalue weighted by atomic mass is 16.3. The first-order valence-electron chi connectivity index (χ1n) is 13.2. The van der Waals surface area contributed by atoms with Gasteiger partial charge < -0.3 is 13.4 Å². The molecule has 3 heterocycles. The molecule has 0 saturated carbocycles. The number of para-hydroxylation sites is 3. The standard InChI is InChI=1S/C36H21NO2/c1-4-12-30-25(8-1)26-9-2-5-13-31(26)37(30)23-17-19-33-29(21-23)36-24(11-7-15-34(36)38-33)22-16-18-28-27-10-3-6-14-32(27)39-35(28)20-22/h1-21H. The number of hydrogen-bond acceptors (Lipinski definition) is 2. The summed E-state index contributed by atoms with van der Waals surface area (Å²) in [7, 11) is 0. The second-order valence-corrected chi connectivity index (χ2v) is 10.1. The first-order valence-corrected chi connectivity index (χ1v) is 13.2. The molecule has 3 heteroatoms. The van der Waals surface area contributed by atoms with E-state index in [9.17, 15) is 0 Å². The fourth-order valence-corrected chi connectivity index (χ4v) is 6.29. The van der Waals surface area contributed by atoms with Crippen LogP contribution in [0.5, 0.6) is 0 Å². The van der Waals surface area contributed by atoms with E-state index in [1.165, 1.54) is 21.8 Å². The largest absolute Gasteiger partial charge is 0.456 e. The van der Waals surface area contributed by atoms with E-state index in [1.807, 2.05) is 12.1 Å². The number of furan rings is 2. The zero-order valence-corrected chi connectivity index (χ0v) is 20.9. The van der Waals surface area contributed by atoms with Gasteiger partial charge in [-0.3, -0.25) is 0 Å². The molecule has 3 nitrogen and oxygen atoms in total. The van der Waals surface area contributed by atoms with Gasteiger partial charge in [0.15, 0.2) is 0 Å². The quantitative estimate of drug-likeness (QED) is 0.237. The molecule has 3 aromatic heterocycles. The van der Waals surface area contributed by atoms with Crippen LogP contribution in [-0.2, 0) is 0 Å².